The van der Waals surface area contributed by atoms with Crippen molar-refractivity contribution in [3.8, 4) is 0 Å². The van der Waals surface area contributed by atoms with E-state index in [0.29, 0.717) is 0 Å². The zero-order chi connectivity index (χ0) is 12.3. The molecule has 0 unspecified atom stereocenters. The first-order valence-electron chi connectivity index (χ1n) is 6.45. The molecule has 0 bridgehead atoms. The molecule has 1 aromatic rings. The maximum Gasteiger partial charge on any atom is 0.115 e. The number of aromatic nitrogens is 2. The minimum atomic E-state index is 0.105. The Labute approximate surface area is 104 Å². The van der Waals surface area contributed by atoms with Gasteiger partial charge in [0.25, 0.3) is 0 Å². The maximum absolute atomic E-state index is 5.38. The number of ether oxygens (including phenoxy) is 1. The summed E-state index contributed by atoms with van der Waals surface area (Å²) in [5, 5.41) is 0. The van der Waals surface area contributed by atoms with E-state index in [1.807, 2.05) is 0 Å². The second-order valence-electron chi connectivity index (χ2n) is 5.90. The molecular weight excluding hydrogens is 212 g/mol. The van der Waals surface area contributed by atoms with Gasteiger partial charge in [-0.15, -0.1) is 0 Å². The lowest BCUT2D eigenvalue weighted by Crippen LogP contribution is -2.19. The van der Waals surface area contributed by atoms with E-state index in [0.717, 1.165) is 44.1 Å². The Balaban J connectivity index is 2.05. The normalized spacial score (nSPS) is 18.3. The lowest BCUT2D eigenvalue weighted by atomic mass is 9.89. The molecule has 0 atom stereocenters. The number of rotatable bonds is 2. The Morgan fingerprint density at radius 1 is 1.24 bits per heavy atom. The molecule has 1 aromatic heterocycles. The first-order chi connectivity index (χ1) is 8.05. The maximum atomic E-state index is 5.38. The number of nitrogens with zero attached hydrogens (tertiary/aromatic N) is 2. The van der Waals surface area contributed by atoms with Crippen LogP contribution in [0, 0.1) is 5.92 Å². The molecule has 3 nitrogen and oxygen atoms in total. The highest BCUT2D eigenvalue weighted by atomic mass is 16.5. The van der Waals surface area contributed by atoms with Crippen molar-refractivity contribution in [1.82, 2.24) is 9.97 Å². The lowest BCUT2D eigenvalue weighted by molar-refractivity contribution is 0.0662. The fourth-order valence-corrected chi connectivity index (χ4v) is 2.17. The molecule has 0 aliphatic carbocycles. The smallest absolute Gasteiger partial charge is 0.115 e. The summed E-state index contributed by atoms with van der Waals surface area (Å²) < 4.78 is 5.38. The molecule has 1 aliphatic rings. The van der Waals surface area contributed by atoms with E-state index >= 15 is 0 Å². The highest BCUT2D eigenvalue weighted by Crippen LogP contribution is 2.23. The minimum absolute atomic E-state index is 0.105. The topological polar surface area (TPSA) is 35.0 Å². The van der Waals surface area contributed by atoms with Crippen molar-refractivity contribution in [2.24, 2.45) is 5.92 Å². The van der Waals surface area contributed by atoms with Gasteiger partial charge in [-0.1, -0.05) is 20.8 Å². The van der Waals surface area contributed by atoms with Crippen molar-refractivity contribution in [1.29, 1.82) is 0 Å². The van der Waals surface area contributed by atoms with Crippen molar-refractivity contribution in [2.75, 3.05) is 13.2 Å². The molecular formula is C14H22N2O. The van der Waals surface area contributed by atoms with Crippen molar-refractivity contribution in [3.05, 3.63) is 23.8 Å². The Kier molecular flexibility index (Phi) is 3.77. The molecule has 3 heteroatoms. The van der Waals surface area contributed by atoms with E-state index < -0.39 is 0 Å². The van der Waals surface area contributed by atoms with Gasteiger partial charge in [0.05, 0.1) is 0 Å². The summed E-state index contributed by atoms with van der Waals surface area (Å²) in [6, 6.07) is 2.16. The monoisotopic (exact) mass is 234 g/mol. The van der Waals surface area contributed by atoms with Crippen LogP contribution in [0.2, 0.25) is 0 Å². The highest BCUT2D eigenvalue weighted by Gasteiger charge is 2.18. The van der Waals surface area contributed by atoms with Crippen LogP contribution >= 0.6 is 0 Å². The Morgan fingerprint density at radius 3 is 2.59 bits per heavy atom. The average molecular weight is 234 g/mol. The zero-order valence-corrected chi connectivity index (χ0v) is 11.1. The van der Waals surface area contributed by atoms with Gasteiger partial charge in [0.1, 0.15) is 6.33 Å². The van der Waals surface area contributed by atoms with Crippen molar-refractivity contribution in [3.63, 3.8) is 0 Å². The summed E-state index contributed by atoms with van der Waals surface area (Å²) in [4.78, 5) is 8.76. The van der Waals surface area contributed by atoms with Crippen LogP contribution in [0.4, 0.5) is 0 Å². The van der Waals surface area contributed by atoms with Crippen LogP contribution in [0.25, 0.3) is 0 Å². The van der Waals surface area contributed by atoms with Crippen molar-refractivity contribution < 1.29 is 4.74 Å². The second-order valence-corrected chi connectivity index (χ2v) is 5.90. The van der Waals surface area contributed by atoms with Crippen LogP contribution in [-0.2, 0) is 16.6 Å². The molecule has 1 fully saturated rings. The summed E-state index contributed by atoms with van der Waals surface area (Å²) in [5.41, 5.74) is 2.42. The van der Waals surface area contributed by atoms with Crippen LogP contribution < -0.4 is 0 Å². The predicted octanol–water partition coefficient (Wildman–Crippen LogP) is 2.74. The Bertz CT molecular complexity index is 365. The summed E-state index contributed by atoms with van der Waals surface area (Å²) >= 11 is 0. The Hall–Kier alpha value is -0.960. The van der Waals surface area contributed by atoms with Gasteiger partial charge in [0.2, 0.25) is 0 Å². The standard InChI is InChI=1S/C14H22N2O/c1-14(2,3)13-9-12(15-10-16-13)8-11-4-6-17-7-5-11/h9-11H,4-8H2,1-3H3. The van der Waals surface area contributed by atoms with Crippen LogP contribution in [-0.4, -0.2) is 23.2 Å². The van der Waals surface area contributed by atoms with Gasteiger partial charge in [0.15, 0.2) is 0 Å². The second kappa shape index (κ2) is 5.13. The predicted molar refractivity (Wildman–Crippen MR) is 68.0 cm³/mol. The first kappa shape index (κ1) is 12.5. The van der Waals surface area contributed by atoms with Gasteiger partial charge in [-0.05, 0) is 31.2 Å². The summed E-state index contributed by atoms with van der Waals surface area (Å²) in [5.74, 6) is 0.728. The molecule has 0 spiro atoms. The molecule has 17 heavy (non-hydrogen) atoms. The third kappa shape index (κ3) is 3.50. The third-order valence-corrected chi connectivity index (χ3v) is 3.33. The summed E-state index contributed by atoms with van der Waals surface area (Å²) in [6.07, 6.45) is 5.09. The fourth-order valence-electron chi connectivity index (χ4n) is 2.17. The largest absolute Gasteiger partial charge is 0.381 e. The van der Waals surface area contributed by atoms with E-state index in [4.69, 9.17) is 4.74 Å². The first-order valence-corrected chi connectivity index (χ1v) is 6.45. The van der Waals surface area contributed by atoms with Crippen LogP contribution in [0.3, 0.4) is 0 Å². The quantitative estimate of drug-likeness (QED) is 0.789. The highest BCUT2D eigenvalue weighted by molar-refractivity contribution is 5.16. The van der Waals surface area contributed by atoms with Crippen molar-refractivity contribution >= 4 is 0 Å². The van der Waals surface area contributed by atoms with E-state index in [9.17, 15) is 0 Å². The van der Waals surface area contributed by atoms with Gasteiger partial charge in [-0.3, -0.25) is 0 Å². The average Bonchev–Trinajstić information content (AvgIpc) is 2.29. The lowest BCUT2D eigenvalue weighted by Gasteiger charge is -2.22. The minimum Gasteiger partial charge on any atom is -0.381 e. The molecule has 0 N–H and O–H groups in total. The molecule has 0 saturated carbocycles. The van der Waals surface area contributed by atoms with Gasteiger partial charge in [-0.2, -0.15) is 0 Å². The van der Waals surface area contributed by atoms with Gasteiger partial charge >= 0.3 is 0 Å². The summed E-state index contributed by atoms with van der Waals surface area (Å²) in [6.45, 7) is 8.37. The van der Waals surface area contributed by atoms with Crippen LogP contribution in [0.5, 0.6) is 0 Å². The molecule has 0 radical (unpaired) electrons. The molecule has 2 rings (SSSR count). The molecule has 1 saturated heterocycles. The number of hydrogen-bond acceptors (Lipinski definition) is 3. The SMILES string of the molecule is CC(C)(C)c1cc(CC2CCOCC2)ncn1. The summed E-state index contributed by atoms with van der Waals surface area (Å²) in [7, 11) is 0. The Morgan fingerprint density at radius 2 is 1.94 bits per heavy atom. The molecule has 0 amide bonds. The molecule has 0 aromatic carbocycles. The van der Waals surface area contributed by atoms with E-state index in [1.54, 1.807) is 6.33 Å². The van der Waals surface area contributed by atoms with Gasteiger partial charge in [-0.25, -0.2) is 9.97 Å². The molecule has 94 valence electrons. The van der Waals surface area contributed by atoms with Gasteiger partial charge < -0.3 is 4.74 Å². The van der Waals surface area contributed by atoms with Crippen LogP contribution in [0.1, 0.15) is 45.0 Å². The molecule has 2 heterocycles. The van der Waals surface area contributed by atoms with Crippen LogP contribution in [0.15, 0.2) is 12.4 Å². The van der Waals surface area contributed by atoms with Gasteiger partial charge in [0, 0.05) is 30.0 Å². The van der Waals surface area contributed by atoms with Crippen molar-refractivity contribution in [2.45, 2.75) is 45.4 Å². The fraction of sp³-hybridized carbons (Fsp3) is 0.714. The zero-order valence-electron chi connectivity index (χ0n) is 11.1. The number of hydrogen-bond donors (Lipinski definition) is 0. The third-order valence-electron chi connectivity index (χ3n) is 3.33. The van der Waals surface area contributed by atoms with E-state index in [1.165, 1.54) is 5.69 Å². The van der Waals surface area contributed by atoms with E-state index in [2.05, 4.69) is 36.8 Å². The molecule has 1 aliphatic heterocycles. The van der Waals surface area contributed by atoms with E-state index in [-0.39, 0.29) is 5.41 Å².